The van der Waals surface area contributed by atoms with E-state index >= 15 is 0 Å². The molecule has 2 N–H and O–H groups in total. The molecule has 0 bridgehead atoms. The van der Waals surface area contributed by atoms with Gasteiger partial charge in [0, 0.05) is 17.1 Å². The number of hydrogen-bond donors (Lipinski definition) is 2. The number of fused-ring (bicyclic) bond motifs is 1. The number of aryl methyl sites for hydroxylation is 1. The Morgan fingerprint density at radius 3 is 2.68 bits per heavy atom. The van der Waals surface area contributed by atoms with E-state index in [1.807, 2.05) is 60.0 Å². The fourth-order valence-electron chi connectivity index (χ4n) is 3.02. The topological polar surface area (TPSA) is 76.0 Å². The van der Waals surface area contributed by atoms with Crippen molar-refractivity contribution in [1.82, 2.24) is 19.7 Å². The normalized spacial score (nSPS) is 11.1. The van der Waals surface area contributed by atoms with Gasteiger partial charge in [-0.2, -0.15) is 5.10 Å². The van der Waals surface area contributed by atoms with Crippen molar-refractivity contribution in [1.29, 1.82) is 0 Å². The zero-order chi connectivity index (χ0) is 17.2. The molecule has 4 aromatic rings. The molecule has 0 atom stereocenters. The first-order chi connectivity index (χ1) is 12.2. The summed E-state index contributed by atoms with van der Waals surface area (Å²) in [4.78, 5) is 4.19. The van der Waals surface area contributed by atoms with Gasteiger partial charge in [-0.15, -0.1) is 0 Å². The second-order valence-corrected chi connectivity index (χ2v) is 5.90. The quantitative estimate of drug-likeness (QED) is 0.586. The van der Waals surface area contributed by atoms with Crippen molar-refractivity contribution >= 4 is 10.9 Å². The van der Waals surface area contributed by atoms with Crippen molar-refractivity contribution in [3.63, 3.8) is 0 Å². The van der Waals surface area contributed by atoms with E-state index in [1.54, 1.807) is 0 Å². The lowest BCUT2D eigenvalue weighted by atomic mass is 10.1. The van der Waals surface area contributed by atoms with Crippen LogP contribution in [0.4, 0.5) is 0 Å². The number of benzene rings is 2. The van der Waals surface area contributed by atoms with E-state index in [9.17, 15) is 5.11 Å². The van der Waals surface area contributed by atoms with Crippen molar-refractivity contribution in [3.8, 4) is 11.5 Å². The fourth-order valence-corrected chi connectivity index (χ4v) is 3.02. The SMILES string of the molecule is Cc1cc(Oc2ccccc2)cc2c1cc(CO)n2Cc1ncn[nH]1. The van der Waals surface area contributed by atoms with Crippen LogP contribution in [0.25, 0.3) is 10.9 Å². The Hall–Kier alpha value is -3.12. The summed E-state index contributed by atoms with van der Waals surface area (Å²) >= 11 is 0. The molecule has 6 heteroatoms. The number of para-hydroxylation sites is 1. The molecule has 0 radical (unpaired) electrons. The summed E-state index contributed by atoms with van der Waals surface area (Å²) in [7, 11) is 0. The van der Waals surface area contributed by atoms with Gasteiger partial charge < -0.3 is 14.4 Å². The van der Waals surface area contributed by atoms with Crippen molar-refractivity contribution in [2.45, 2.75) is 20.1 Å². The number of aromatic nitrogens is 4. The summed E-state index contributed by atoms with van der Waals surface area (Å²) in [6.07, 6.45) is 1.48. The second-order valence-electron chi connectivity index (χ2n) is 5.90. The highest BCUT2D eigenvalue weighted by Gasteiger charge is 2.13. The Morgan fingerprint density at radius 2 is 1.96 bits per heavy atom. The van der Waals surface area contributed by atoms with Crippen molar-refractivity contribution in [2.24, 2.45) is 0 Å². The Kier molecular flexibility index (Phi) is 3.95. The summed E-state index contributed by atoms with van der Waals surface area (Å²) in [5, 5.41) is 17.6. The first-order valence-electron chi connectivity index (χ1n) is 8.05. The smallest absolute Gasteiger partial charge is 0.144 e. The lowest BCUT2D eigenvalue weighted by molar-refractivity contribution is 0.272. The molecule has 2 aromatic heterocycles. The van der Waals surface area contributed by atoms with Crippen molar-refractivity contribution < 1.29 is 9.84 Å². The van der Waals surface area contributed by atoms with Gasteiger partial charge in [-0.1, -0.05) is 18.2 Å². The van der Waals surface area contributed by atoms with Crippen LogP contribution < -0.4 is 4.74 Å². The minimum atomic E-state index is -0.0445. The van der Waals surface area contributed by atoms with Crippen LogP contribution in [-0.4, -0.2) is 24.9 Å². The van der Waals surface area contributed by atoms with E-state index < -0.39 is 0 Å². The molecule has 0 aliphatic carbocycles. The van der Waals surface area contributed by atoms with Crippen molar-refractivity contribution in [3.05, 3.63) is 71.9 Å². The third-order valence-electron chi connectivity index (χ3n) is 4.20. The third-order valence-corrected chi connectivity index (χ3v) is 4.20. The van der Waals surface area contributed by atoms with Crippen LogP contribution in [0.5, 0.6) is 11.5 Å². The van der Waals surface area contributed by atoms with Gasteiger partial charge in [-0.3, -0.25) is 5.10 Å². The van der Waals surface area contributed by atoms with Gasteiger partial charge in [-0.05, 0) is 36.8 Å². The number of aromatic amines is 1. The zero-order valence-corrected chi connectivity index (χ0v) is 13.8. The molecule has 0 saturated heterocycles. The predicted octanol–water partition coefficient (Wildman–Crippen LogP) is 3.40. The molecule has 0 saturated carbocycles. The number of rotatable bonds is 5. The molecule has 25 heavy (non-hydrogen) atoms. The van der Waals surface area contributed by atoms with Gasteiger partial charge in [0.2, 0.25) is 0 Å². The molecule has 126 valence electrons. The molecule has 6 nitrogen and oxygen atoms in total. The zero-order valence-electron chi connectivity index (χ0n) is 13.8. The van der Waals surface area contributed by atoms with Gasteiger partial charge >= 0.3 is 0 Å². The number of aliphatic hydroxyl groups excluding tert-OH is 1. The lowest BCUT2D eigenvalue weighted by Gasteiger charge is -2.10. The Balaban J connectivity index is 1.80. The molecular weight excluding hydrogens is 316 g/mol. The first kappa shape index (κ1) is 15.4. The van der Waals surface area contributed by atoms with Gasteiger partial charge in [0.05, 0.1) is 18.7 Å². The van der Waals surface area contributed by atoms with Crippen LogP contribution in [0.3, 0.4) is 0 Å². The number of nitrogens with one attached hydrogen (secondary N) is 1. The van der Waals surface area contributed by atoms with Crippen molar-refractivity contribution in [2.75, 3.05) is 0 Å². The minimum absolute atomic E-state index is 0.0445. The Morgan fingerprint density at radius 1 is 1.12 bits per heavy atom. The molecule has 2 aromatic carbocycles. The van der Waals surface area contributed by atoms with Crippen LogP contribution in [0.1, 0.15) is 17.1 Å². The average molecular weight is 334 g/mol. The standard InChI is InChI=1S/C19H18N4O2/c1-13-7-16(25-15-5-3-2-4-6-15)9-18-17(13)8-14(11-24)23(18)10-19-20-12-21-22-19/h2-9,12,24H,10-11H2,1H3,(H,20,21,22). The van der Waals surface area contributed by atoms with Crippen LogP contribution in [0.2, 0.25) is 0 Å². The largest absolute Gasteiger partial charge is 0.457 e. The number of ether oxygens (including phenoxy) is 1. The summed E-state index contributed by atoms with van der Waals surface area (Å²) in [6.45, 7) is 2.50. The number of aliphatic hydroxyl groups is 1. The van der Waals surface area contributed by atoms with Gasteiger partial charge in [0.15, 0.2) is 0 Å². The highest BCUT2D eigenvalue weighted by atomic mass is 16.5. The van der Waals surface area contributed by atoms with Crippen LogP contribution in [0, 0.1) is 6.92 Å². The summed E-state index contributed by atoms with van der Waals surface area (Å²) in [5.74, 6) is 2.29. The molecule has 0 unspecified atom stereocenters. The van der Waals surface area contributed by atoms with Crippen LogP contribution in [-0.2, 0) is 13.2 Å². The molecule has 0 fully saturated rings. The predicted molar refractivity (Wildman–Crippen MR) is 94.6 cm³/mol. The van der Waals surface area contributed by atoms with E-state index in [4.69, 9.17) is 4.74 Å². The van der Waals surface area contributed by atoms with Crippen LogP contribution >= 0.6 is 0 Å². The molecule has 0 aliphatic heterocycles. The summed E-state index contributed by atoms with van der Waals surface area (Å²) in [5.41, 5.74) is 2.91. The fraction of sp³-hybridized carbons (Fsp3) is 0.158. The maximum atomic E-state index is 9.75. The lowest BCUT2D eigenvalue weighted by Crippen LogP contribution is -2.05. The van der Waals surface area contributed by atoms with E-state index in [0.717, 1.165) is 39.5 Å². The third kappa shape index (κ3) is 2.99. The van der Waals surface area contributed by atoms with Gasteiger partial charge in [-0.25, -0.2) is 4.98 Å². The van der Waals surface area contributed by atoms with E-state index in [0.29, 0.717) is 6.54 Å². The summed E-state index contributed by atoms with van der Waals surface area (Å²) in [6, 6.07) is 15.7. The molecule has 4 rings (SSSR count). The Labute approximate surface area is 144 Å². The number of H-pyrrole nitrogens is 1. The minimum Gasteiger partial charge on any atom is -0.457 e. The monoisotopic (exact) mass is 334 g/mol. The maximum absolute atomic E-state index is 9.75. The van der Waals surface area contributed by atoms with Crippen LogP contribution in [0.15, 0.2) is 54.9 Å². The maximum Gasteiger partial charge on any atom is 0.144 e. The molecular formula is C19H18N4O2. The van der Waals surface area contributed by atoms with E-state index in [2.05, 4.69) is 15.2 Å². The van der Waals surface area contributed by atoms with Gasteiger partial charge in [0.25, 0.3) is 0 Å². The highest BCUT2D eigenvalue weighted by Crippen LogP contribution is 2.31. The highest BCUT2D eigenvalue weighted by molar-refractivity contribution is 5.86. The number of nitrogens with zero attached hydrogens (tertiary/aromatic N) is 3. The average Bonchev–Trinajstić information content (AvgIpc) is 3.25. The first-order valence-corrected chi connectivity index (χ1v) is 8.05. The molecule has 0 amide bonds. The second kappa shape index (κ2) is 6.41. The number of hydrogen-bond acceptors (Lipinski definition) is 4. The molecule has 0 aliphatic rings. The summed E-state index contributed by atoms with van der Waals surface area (Å²) < 4.78 is 8.02. The van der Waals surface area contributed by atoms with E-state index in [1.165, 1.54) is 6.33 Å². The Bertz CT molecular complexity index is 991. The molecule has 0 spiro atoms. The molecule has 2 heterocycles. The van der Waals surface area contributed by atoms with Gasteiger partial charge in [0.1, 0.15) is 23.7 Å². The van der Waals surface area contributed by atoms with E-state index in [-0.39, 0.29) is 6.61 Å².